The third-order valence-electron chi connectivity index (χ3n) is 3.98. The standard InChI is InChI=1S/C17H16ClN5O/c18-13-5-4-8-15(11-13)24-16-9-10-22(12-16)17-19-20-21-23(17)14-6-2-1-3-7-14/h1-8,11,16H,9-10,12H2. The number of anilines is 1. The van der Waals surface area contributed by atoms with Gasteiger partial charge in [0, 0.05) is 18.0 Å². The molecule has 1 aromatic heterocycles. The summed E-state index contributed by atoms with van der Waals surface area (Å²) in [7, 11) is 0. The lowest BCUT2D eigenvalue weighted by Gasteiger charge is -2.17. The predicted octanol–water partition coefficient (Wildman–Crippen LogP) is 2.97. The summed E-state index contributed by atoms with van der Waals surface area (Å²) in [6, 6.07) is 17.3. The van der Waals surface area contributed by atoms with Crippen LogP contribution in [0.4, 0.5) is 5.95 Å². The van der Waals surface area contributed by atoms with Gasteiger partial charge in [0.25, 0.3) is 0 Å². The lowest BCUT2D eigenvalue weighted by Crippen LogP contribution is -2.27. The topological polar surface area (TPSA) is 56.1 Å². The van der Waals surface area contributed by atoms with Gasteiger partial charge in [-0.2, -0.15) is 4.68 Å². The molecule has 7 heteroatoms. The molecular formula is C17H16ClN5O. The summed E-state index contributed by atoms with van der Waals surface area (Å²) in [6.45, 7) is 1.58. The molecule has 1 aliphatic rings. The van der Waals surface area contributed by atoms with Crippen LogP contribution < -0.4 is 9.64 Å². The van der Waals surface area contributed by atoms with Gasteiger partial charge in [-0.05, 0) is 40.8 Å². The van der Waals surface area contributed by atoms with Crippen LogP contribution in [0.5, 0.6) is 5.75 Å². The highest BCUT2D eigenvalue weighted by Gasteiger charge is 2.28. The first kappa shape index (κ1) is 15.0. The van der Waals surface area contributed by atoms with Crippen molar-refractivity contribution in [1.82, 2.24) is 20.2 Å². The maximum Gasteiger partial charge on any atom is 0.250 e. The fourth-order valence-corrected chi connectivity index (χ4v) is 3.03. The molecule has 2 aromatic carbocycles. The molecule has 0 bridgehead atoms. The van der Waals surface area contributed by atoms with Crippen LogP contribution in [0.15, 0.2) is 54.6 Å². The quantitative estimate of drug-likeness (QED) is 0.730. The number of benzene rings is 2. The largest absolute Gasteiger partial charge is 0.488 e. The second kappa shape index (κ2) is 6.49. The molecular weight excluding hydrogens is 326 g/mol. The number of hydrogen-bond donors (Lipinski definition) is 0. The molecule has 1 fully saturated rings. The van der Waals surface area contributed by atoms with Crippen molar-refractivity contribution in [3.8, 4) is 11.4 Å². The first-order valence-electron chi connectivity index (χ1n) is 7.80. The maximum absolute atomic E-state index is 6.03. The predicted molar refractivity (Wildman–Crippen MR) is 91.9 cm³/mol. The van der Waals surface area contributed by atoms with Gasteiger partial charge in [-0.3, -0.25) is 0 Å². The zero-order chi connectivity index (χ0) is 16.4. The normalized spacial score (nSPS) is 17.2. The third-order valence-corrected chi connectivity index (χ3v) is 4.22. The Morgan fingerprint density at radius 3 is 2.79 bits per heavy atom. The molecule has 0 radical (unpaired) electrons. The van der Waals surface area contributed by atoms with E-state index >= 15 is 0 Å². The van der Waals surface area contributed by atoms with E-state index in [9.17, 15) is 0 Å². The second-order valence-electron chi connectivity index (χ2n) is 5.66. The lowest BCUT2D eigenvalue weighted by molar-refractivity contribution is 0.225. The Kier molecular flexibility index (Phi) is 4.04. The van der Waals surface area contributed by atoms with Crippen LogP contribution in [0.25, 0.3) is 5.69 Å². The fraction of sp³-hybridized carbons (Fsp3) is 0.235. The van der Waals surface area contributed by atoms with Crippen molar-refractivity contribution in [2.24, 2.45) is 0 Å². The molecule has 6 nitrogen and oxygen atoms in total. The molecule has 0 spiro atoms. The average Bonchev–Trinajstić information content (AvgIpc) is 3.24. The van der Waals surface area contributed by atoms with Crippen LogP contribution in [-0.4, -0.2) is 39.4 Å². The highest BCUT2D eigenvalue weighted by molar-refractivity contribution is 6.30. The summed E-state index contributed by atoms with van der Waals surface area (Å²) in [6.07, 6.45) is 0.998. The maximum atomic E-state index is 6.03. The van der Waals surface area contributed by atoms with Crippen LogP contribution in [0, 0.1) is 0 Å². The summed E-state index contributed by atoms with van der Waals surface area (Å²) in [5, 5.41) is 12.8. The Hall–Kier alpha value is -2.60. The van der Waals surface area contributed by atoms with E-state index in [2.05, 4.69) is 20.4 Å². The van der Waals surface area contributed by atoms with Crippen molar-refractivity contribution in [1.29, 1.82) is 0 Å². The van der Waals surface area contributed by atoms with Gasteiger partial charge in [0.05, 0.1) is 12.2 Å². The minimum atomic E-state index is 0.0874. The Bertz CT molecular complexity index is 823. The van der Waals surface area contributed by atoms with Crippen LogP contribution in [0.3, 0.4) is 0 Å². The monoisotopic (exact) mass is 341 g/mol. The van der Waals surface area contributed by atoms with Crippen LogP contribution in [0.2, 0.25) is 5.02 Å². The van der Waals surface area contributed by atoms with E-state index in [-0.39, 0.29) is 6.10 Å². The van der Waals surface area contributed by atoms with E-state index in [1.165, 1.54) is 0 Å². The Balaban J connectivity index is 1.49. The van der Waals surface area contributed by atoms with Crippen molar-refractivity contribution >= 4 is 17.5 Å². The van der Waals surface area contributed by atoms with E-state index in [0.29, 0.717) is 5.02 Å². The summed E-state index contributed by atoms with van der Waals surface area (Å²) >= 11 is 6.01. The van der Waals surface area contributed by atoms with E-state index in [1.807, 2.05) is 54.6 Å². The minimum Gasteiger partial charge on any atom is -0.488 e. The number of nitrogens with zero attached hydrogens (tertiary/aromatic N) is 5. The van der Waals surface area contributed by atoms with Gasteiger partial charge < -0.3 is 9.64 Å². The van der Waals surface area contributed by atoms with Gasteiger partial charge in [-0.25, -0.2) is 0 Å². The molecule has 24 heavy (non-hydrogen) atoms. The molecule has 4 rings (SSSR count). The van der Waals surface area contributed by atoms with E-state index in [4.69, 9.17) is 16.3 Å². The third kappa shape index (κ3) is 3.05. The summed E-state index contributed by atoms with van der Waals surface area (Å²) in [5.41, 5.74) is 0.941. The van der Waals surface area contributed by atoms with Gasteiger partial charge in [-0.15, -0.1) is 0 Å². The van der Waals surface area contributed by atoms with Crippen LogP contribution in [0.1, 0.15) is 6.42 Å². The minimum absolute atomic E-state index is 0.0874. The highest BCUT2D eigenvalue weighted by Crippen LogP contribution is 2.24. The number of rotatable bonds is 4. The van der Waals surface area contributed by atoms with E-state index in [1.54, 1.807) is 4.68 Å². The van der Waals surface area contributed by atoms with Gasteiger partial charge >= 0.3 is 0 Å². The molecule has 0 N–H and O–H groups in total. The Morgan fingerprint density at radius 1 is 1.08 bits per heavy atom. The van der Waals surface area contributed by atoms with E-state index < -0.39 is 0 Å². The number of para-hydroxylation sites is 1. The van der Waals surface area contributed by atoms with Crippen molar-refractivity contribution < 1.29 is 4.74 Å². The Labute approximate surface area is 144 Å². The SMILES string of the molecule is Clc1cccc(OC2CCN(c3nnnn3-c3ccccc3)C2)c1. The molecule has 3 aromatic rings. The zero-order valence-electron chi connectivity index (χ0n) is 12.9. The number of halogens is 1. The van der Waals surface area contributed by atoms with Crippen molar-refractivity contribution in [2.45, 2.75) is 12.5 Å². The van der Waals surface area contributed by atoms with Crippen molar-refractivity contribution in [2.75, 3.05) is 18.0 Å². The average molecular weight is 342 g/mol. The summed E-state index contributed by atoms with van der Waals surface area (Å²) < 4.78 is 7.78. The van der Waals surface area contributed by atoms with Gasteiger partial charge in [0.15, 0.2) is 0 Å². The number of aromatic nitrogens is 4. The molecule has 1 saturated heterocycles. The molecule has 0 saturated carbocycles. The van der Waals surface area contributed by atoms with Crippen molar-refractivity contribution in [3.63, 3.8) is 0 Å². The number of hydrogen-bond acceptors (Lipinski definition) is 5. The van der Waals surface area contributed by atoms with Gasteiger partial charge in [0.1, 0.15) is 11.9 Å². The zero-order valence-corrected chi connectivity index (χ0v) is 13.7. The molecule has 122 valence electrons. The molecule has 2 heterocycles. The Morgan fingerprint density at radius 2 is 1.96 bits per heavy atom. The van der Waals surface area contributed by atoms with E-state index in [0.717, 1.165) is 36.9 Å². The van der Waals surface area contributed by atoms with Crippen LogP contribution >= 0.6 is 11.6 Å². The second-order valence-corrected chi connectivity index (χ2v) is 6.09. The smallest absolute Gasteiger partial charge is 0.250 e. The van der Waals surface area contributed by atoms with Crippen LogP contribution in [-0.2, 0) is 0 Å². The molecule has 1 unspecified atom stereocenters. The first-order valence-corrected chi connectivity index (χ1v) is 8.18. The molecule has 0 amide bonds. The number of tetrazole rings is 1. The first-order chi connectivity index (χ1) is 11.8. The summed E-state index contributed by atoms with van der Waals surface area (Å²) in [5.74, 6) is 1.52. The lowest BCUT2D eigenvalue weighted by atomic mass is 10.3. The molecule has 1 atom stereocenters. The number of ether oxygens (including phenoxy) is 1. The summed E-state index contributed by atoms with van der Waals surface area (Å²) in [4.78, 5) is 2.14. The van der Waals surface area contributed by atoms with Crippen molar-refractivity contribution in [3.05, 3.63) is 59.6 Å². The highest BCUT2D eigenvalue weighted by atomic mass is 35.5. The van der Waals surface area contributed by atoms with Gasteiger partial charge in [0.2, 0.25) is 5.95 Å². The molecule has 0 aliphatic carbocycles. The van der Waals surface area contributed by atoms with Gasteiger partial charge in [-0.1, -0.05) is 41.0 Å². The molecule has 1 aliphatic heterocycles. The fourth-order valence-electron chi connectivity index (χ4n) is 2.85.